The third-order valence-corrected chi connectivity index (χ3v) is 5.11. The Morgan fingerprint density at radius 2 is 1.96 bits per heavy atom. The highest BCUT2D eigenvalue weighted by Crippen LogP contribution is 2.40. The van der Waals surface area contributed by atoms with Crippen molar-refractivity contribution in [1.29, 1.82) is 0 Å². The lowest BCUT2D eigenvalue weighted by Gasteiger charge is -2.42. The van der Waals surface area contributed by atoms with Crippen molar-refractivity contribution in [2.45, 2.75) is 31.6 Å². The van der Waals surface area contributed by atoms with Crippen LogP contribution >= 0.6 is 0 Å². The van der Waals surface area contributed by atoms with Crippen molar-refractivity contribution < 1.29 is 9.53 Å². The zero-order valence-electron chi connectivity index (χ0n) is 15.4. The van der Waals surface area contributed by atoms with E-state index in [1.807, 2.05) is 25.1 Å². The van der Waals surface area contributed by atoms with Crippen molar-refractivity contribution in [1.82, 2.24) is 15.3 Å². The molecule has 2 heterocycles. The summed E-state index contributed by atoms with van der Waals surface area (Å²) >= 11 is 0. The fraction of sp³-hybridized carbons (Fsp3) is 0.450. The first-order valence-corrected chi connectivity index (χ1v) is 9.10. The van der Waals surface area contributed by atoms with Gasteiger partial charge in [0.25, 0.3) is 0 Å². The number of nitrogens with zero attached hydrogens (tertiary/aromatic N) is 3. The minimum atomic E-state index is -0.195. The maximum Gasteiger partial charge on any atom is 0.225 e. The summed E-state index contributed by atoms with van der Waals surface area (Å²) in [4.78, 5) is 23.3. The molecule has 1 aliphatic heterocycles. The molecule has 0 saturated carbocycles. The topological polar surface area (TPSA) is 67.3 Å². The lowest BCUT2D eigenvalue weighted by molar-refractivity contribution is -0.122. The zero-order chi connectivity index (χ0) is 18.4. The number of piperidine rings is 1. The summed E-state index contributed by atoms with van der Waals surface area (Å²) in [7, 11) is 1.67. The molecule has 6 nitrogen and oxygen atoms in total. The van der Waals surface area contributed by atoms with E-state index in [-0.39, 0.29) is 11.3 Å². The Bertz CT molecular complexity index is 728. The van der Waals surface area contributed by atoms with E-state index >= 15 is 0 Å². The van der Waals surface area contributed by atoms with Gasteiger partial charge in [0.15, 0.2) is 0 Å². The molecule has 0 aliphatic carbocycles. The van der Waals surface area contributed by atoms with Crippen molar-refractivity contribution in [2.75, 3.05) is 31.6 Å². The van der Waals surface area contributed by atoms with Gasteiger partial charge in [-0.3, -0.25) is 4.79 Å². The quantitative estimate of drug-likeness (QED) is 0.863. The predicted octanol–water partition coefficient (Wildman–Crippen LogP) is 2.55. The monoisotopic (exact) mass is 354 g/mol. The van der Waals surface area contributed by atoms with Crippen LogP contribution in [0.5, 0.6) is 5.75 Å². The standard InChI is InChI=1S/C20H26N4O2/c1-3-21-18(25)15-20(16-6-4-7-17(14-16)26-2)8-12-24(13-9-20)19-22-10-5-11-23-19/h4-7,10-11,14H,3,8-9,12-13,15H2,1-2H3,(H,21,25). The predicted molar refractivity (Wildman–Crippen MR) is 101 cm³/mol. The normalized spacial score (nSPS) is 16.2. The van der Waals surface area contributed by atoms with Gasteiger partial charge in [0.05, 0.1) is 7.11 Å². The summed E-state index contributed by atoms with van der Waals surface area (Å²) in [6.07, 6.45) is 5.75. The van der Waals surface area contributed by atoms with Crippen LogP contribution < -0.4 is 15.0 Å². The minimum absolute atomic E-state index is 0.0970. The van der Waals surface area contributed by atoms with Gasteiger partial charge in [0, 0.05) is 43.9 Å². The Morgan fingerprint density at radius 3 is 2.62 bits per heavy atom. The molecule has 1 saturated heterocycles. The number of rotatable bonds is 6. The first-order chi connectivity index (χ1) is 12.7. The van der Waals surface area contributed by atoms with Crippen LogP contribution in [0.4, 0.5) is 5.95 Å². The number of aromatic nitrogens is 2. The number of carbonyl (C=O) groups excluding carboxylic acids is 1. The first kappa shape index (κ1) is 18.2. The molecule has 2 aromatic rings. The highest BCUT2D eigenvalue weighted by Gasteiger charge is 2.38. The molecule has 0 unspecified atom stereocenters. The van der Waals surface area contributed by atoms with Crippen LogP contribution in [0.2, 0.25) is 0 Å². The molecule has 0 bridgehead atoms. The summed E-state index contributed by atoms with van der Waals surface area (Å²) in [6.45, 7) is 4.24. The maximum atomic E-state index is 12.4. The van der Waals surface area contributed by atoms with E-state index in [0.29, 0.717) is 13.0 Å². The Labute approximate surface area is 154 Å². The number of benzene rings is 1. The van der Waals surface area contributed by atoms with Gasteiger partial charge in [-0.25, -0.2) is 9.97 Å². The summed E-state index contributed by atoms with van der Waals surface area (Å²) in [6, 6.07) is 9.93. The average Bonchev–Trinajstić information content (AvgIpc) is 2.69. The molecule has 1 aromatic carbocycles. The number of carbonyl (C=O) groups is 1. The maximum absolute atomic E-state index is 12.4. The lowest BCUT2D eigenvalue weighted by Crippen LogP contribution is -2.45. The van der Waals surface area contributed by atoms with E-state index in [2.05, 4.69) is 32.3 Å². The molecule has 1 aromatic heterocycles. The van der Waals surface area contributed by atoms with E-state index in [1.165, 1.54) is 0 Å². The summed E-state index contributed by atoms with van der Waals surface area (Å²) < 4.78 is 5.40. The molecular formula is C20H26N4O2. The summed E-state index contributed by atoms with van der Waals surface area (Å²) in [5.41, 5.74) is 0.968. The zero-order valence-corrected chi connectivity index (χ0v) is 15.4. The van der Waals surface area contributed by atoms with Crippen LogP contribution in [0.3, 0.4) is 0 Å². The molecule has 1 fully saturated rings. The van der Waals surface area contributed by atoms with Crippen LogP contribution in [-0.4, -0.2) is 42.6 Å². The molecule has 3 rings (SSSR count). The Hall–Kier alpha value is -2.63. The van der Waals surface area contributed by atoms with Crippen LogP contribution in [0.1, 0.15) is 31.7 Å². The number of nitrogens with one attached hydrogen (secondary N) is 1. The van der Waals surface area contributed by atoms with Crippen molar-refractivity contribution in [3.63, 3.8) is 0 Å². The number of anilines is 1. The van der Waals surface area contributed by atoms with Gasteiger partial charge in [0.1, 0.15) is 5.75 Å². The molecule has 0 radical (unpaired) electrons. The van der Waals surface area contributed by atoms with Crippen molar-refractivity contribution >= 4 is 11.9 Å². The lowest BCUT2D eigenvalue weighted by atomic mass is 9.70. The molecule has 26 heavy (non-hydrogen) atoms. The second kappa shape index (κ2) is 8.17. The molecule has 0 atom stereocenters. The number of ether oxygens (including phenoxy) is 1. The van der Waals surface area contributed by atoms with Gasteiger partial charge in [-0.05, 0) is 43.5 Å². The highest BCUT2D eigenvalue weighted by molar-refractivity contribution is 5.77. The van der Waals surface area contributed by atoms with Gasteiger partial charge < -0.3 is 15.0 Å². The van der Waals surface area contributed by atoms with Gasteiger partial charge in [-0.15, -0.1) is 0 Å². The molecule has 138 valence electrons. The van der Waals surface area contributed by atoms with Gasteiger partial charge >= 0.3 is 0 Å². The van der Waals surface area contributed by atoms with Gasteiger partial charge in [-0.1, -0.05) is 12.1 Å². The number of methoxy groups -OCH3 is 1. The Morgan fingerprint density at radius 1 is 1.23 bits per heavy atom. The van der Waals surface area contributed by atoms with Crippen LogP contribution in [0.25, 0.3) is 0 Å². The smallest absolute Gasteiger partial charge is 0.225 e. The molecule has 6 heteroatoms. The Kier molecular flexibility index (Phi) is 5.71. The summed E-state index contributed by atoms with van der Waals surface area (Å²) in [5, 5.41) is 2.95. The van der Waals surface area contributed by atoms with Crippen LogP contribution in [-0.2, 0) is 10.2 Å². The second-order valence-corrected chi connectivity index (χ2v) is 6.68. The Balaban J connectivity index is 1.84. The van der Waals surface area contributed by atoms with E-state index in [4.69, 9.17) is 4.74 Å². The van der Waals surface area contributed by atoms with E-state index in [9.17, 15) is 4.79 Å². The average molecular weight is 354 g/mol. The molecule has 1 N–H and O–H groups in total. The van der Waals surface area contributed by atoms with Crippen LogP contribution in [0, 0.1) is 0 Å². The molecular weight excluding hydrogens is 328 g/mol. The minimum Gasteiger partial charge on any atom is -0.497 e. The second-order valence-electron chi connectivity index (χ2n) is 6.68. The van der Waals surface area contributed by atoms with Gasteiger partial charge in [0.2, 0.25) is 11.9 Å². The first-order valence-electron chi connectivity index (χ1n) is 9.10. The van der Waals surface area contributed by atoms with E-state index in [1.54, 1.807) is 19.5 Å². The molecule has 0 spiro atoms. The number of hydrogen-bond donors (Lipinski definition) is 1. The number of amides is 1. The fourth-order valence-electron chi connectivity index (χ4n) is 3.68. The van der Waals surface area contributed by atoms with Crippen LogP contribution in [0.15, 0.2) is 42.7 Å². The largest absolute Gasteiger partial charge is 0.497 e. The number of hydrogen-bond acceptors (Lipinski definition) is 5. The van der Waals surface area contributed by atoms with E-state index in [0.717, 1.165) is 43.2 Å². The third-order valence-electron chi connectivity index (χ3n) is 5.11. The highest BCUT2D eigenvalue weighted by atomic mass is 16.5. The molecule has 1 aliphatic rings. The van der Waals surface area contributed by atoms with Crippen molar-refractivity contribution in [2.24, 2.45) is 0 Å². The summed E-state index contributed by atoms with van der Waals surface area (Å²) in [5.74, 6) is 1.68. The van der Waals surface area contributed by atoms with Crippen molar-refractivity contribution in [3.8, 4) is 5.75 Å². The van der Waals surface area contributed by atoms with Gasteiger partial charge in [-0.2, -0.15) is 0 Å². The van der Waals surface area contributed by atoms with E-state index < -0.39 is 0 Å². The molecule has 1 amide bonds. The fourth-order valence-corrected chi connectivity index (χ4v) is 3.68. The SMILES string of the molecule is CCNC(=O)CC1(c2cccc(OC)c2)CCN(c2ncccn2)CC1. The van der Waals surface area contributed by atoms with Crippen molar-refractivity contribution in [3.05, 3.63) is 48.3 Å². The third kappa shape index (κ3) is 3.95.